The quantitative estimate of drug-likeness (QED) is 0.474. The SMILES string of the molecule is C=C1C(C)CCC2(C)C1CC=C1C(=O)OCC12. The van der Waals surface area contributed by atoms with E-state index in [1.807, 2.05) is 0 Å². The predicted molar refractivity (Wildman–Crippen MR) is 66.3 cm³/mol. The Morgan fingerprint density at radius 3 is 3.00 bits per heavy atom. The van der Waals surface area contributed by atoms with Gasteiger partial charge in [0.05, 0.1) is 6.61 Å². The second-order valence-electron chi connectivity index (χ2n) is 6.12. The maximum atomic E-state index is 11.7. The van der Waals surface area contributed by atoms with Crippen molar-refractivity contribution in [2.75, 3.05) is 6.61 Å². The van der Waals surface area contributed by atoms with E-state index in [1.165, 1.54) is 18.4 Å². The largest absolute Gasteiger partial charge is 0.462 e. The zero-order valence-corrected chi connectivity index (χ0v) is 10.7. The van der Waals surface area contributed by atoms with Gasteiger partial charge in [0, 0.05) is 11.5 Å². The first-order valence-electron chi connectivity index (χ1n) is 6.60. The van der Waals surface area contributed by atoms with Crippen molar-refractivity contribution in [1.82, 2.24) is 0 Å². The molecule has 1 heterocycles. The van der Waals surface area contributed by atoms with Crippen LogP contribution in [0.15, 0.2) is 23.8 Å². The van der Waals surface area contributed by atoms with Crippen LogP contribution < -0.4 is 0 Å². The topological polar surface area (TPSA) is 26.3 Å². The van der Waals surface area contributed by atoms with Crippen LogP contribution in [-0.4, -0.2) is 12.6 Å². The van der Waals surface area contributed by atoms with E-state index in [0.29, 0.717) is 24.4 Å². The fourth-order valence-corrected chi connectivity index (χ4v) is 3.98. The van der Waals surface area contributed by atoms with Gasteiger partial charge in [0.2, 0.25) is 0 Å². The first kappa shape index (κ1) is 11.1. The van der Waals surface area contributed by atoms with Gasteiger partial charge in [-0.2, -0.15) is 0 Å². The molecule has 0 bridgehead atoms. The maximum Gasteiger partial charge on any atom is 0.334 e. The molecule has 2 aliphatic carbocycles. The lowest BCUT2D eigenvalue weighted by atomic mass is 9.53. The monoisotopic (exact) mass is 232 g/mol. The van der Waals surface area contributed by atoms with Gasteiger partial charge < -0.3 is 4.74 Å². The standard InChI is InChI=1S/C15H20O2/c1-9-6-7-15(3)12(10(9)2)5-4-11-13(15)8-17-14(11)16/h4,9,12-13H,2,5-8H2,1,3H3. The normalized spacial score (nSPS) is 44.8. The summed E-state index contributed by atoms with van der Waals surface area (Å²) in [7, 11) is 0. The molecular formula is C15H20O2. The highest BCUT2D eigenvalue weighted by atomic mass is 16.5. The Morgan fingerprint density at radius 1 is 1.47 bits per heavy atom. The van der Waals surface area contributed by atoms with Crippen molar-refractivity contribution in [3.05, 3.63) is 23.8 Å². The van der Waals surface area contributed by atoms with E-state index in [0.717, 1.165) is 12.0 Å². The summed E-state index contributed by atoms with van der Waals surface area (Å²) >= 11 is 0. The second-order valence-corrected chi connectivity index (χ2v) is 6.12. The molecule has 0 aromatic carbocycles. The summed E-state index contributed by atoms with van der Waals surface area (Å²) in [6.07, 6.45) is 5.47. The number of carbonyl (C=O) groups is 1. The Labute approximate surface area is 103 Å². The lowest BCUT2D eigenvalue weighted by Gasteiger charge is -2.50. The summed E-state index contributed by atoms with van der Waals surface area (Å²) in [5.41, 5.74) is 2.51. The Kier molecular flexibility index (Phi) is 2.26. The molecule has 0 radical (unpaired) electrons. The minimum absolute atomic E-state index is 0.0843. The highest BCUT2D eigenvalue weighted by Gasteiger charge is 2.53. The minimum atomic E-state index is -0.0843. The first-order valence-corrected chi connectivity index (χ1v) is 6.60. The van der Waals surface area contributed by atoms with Crippen LogP contribution in [0.5, 0.6) is 0 Å². The van der Waals surface area contributed by atoms with Crippen LogP contribution in [0.25, 0.3) is 0 Å². The van der Waals surface area contributed by atoms with Crippen molar-refractivity contribution >= 4 is 5.97 Å². The van der Waals surface area contributed by atoms with Crippen molar-refractivity contribution in [1.29, 1.82) is 0 Å². The number of rotatable bonds is 0. The highest BCUT2D eigenvalue weighted by molar-refractivity contribution is 5.91. The number of ether oxygens (including phenoxy) is 1. The summed E-state index contributed by atoms with van der Waals surface area (Å²) in [5, 5.41) is 0. The van der Waals surface area contributed by atoms with E-state index in [-0.39, 0.29) is 11.4 Å². The van der Waals surface area contributed by atoms with E-state index in [2.05, 4.69) is 26.5 Å². The Balaban J connectivity index is 2.01. The zero-order chi connectivity index (χ0) is 12.2. The molecule has 92 valence electrons. The molecule has 1 saturated carbocycles. The van der Waals surface area contributed by atoms with Crippen LogP contribution in [0.2, 0.25) is 0 Å². The van der Waals surface area contributed by atoms with Gasteiger partial charge in [0.1, 0.15) is 0 Å². The lowest BCUT2D eigenvalue weighted by Crippen LogP contribution is -2.44. The summed E-state index contributed by atoms with van der Waals surface area (Å²) in [5.74, 6) is 1.38. The average Bonchev–Trinajstić information content (AvgIpc) is 2.68. The predicted octanol–water partition coefficient (Wildman–Crippen LogP) is 3.10. The molecule has 0 spiro atoms. The molecule has 1 saturated heterocycles. The summed E-state index contributed by atoms with van der Waals surface area (Å²) < 4.78 is 5.24. The van der Waals surface area contributed by atoms with Crippen LogP contribution in [0, 0.1) is 23.2 Å². The molecule has 2 fully saturated rings. The first-order chi connectivity index (χ1) is 8.04. The van der Waals surface area contributed by atoms with Crippen molar-refractivity contribution in [2.24, 2.45) is 23.2 Å². The zero-order valence-electron chi connectivity index (χ0n) is 10.7. The minimum Gasteiger partial charge on any atom is -0.462 e. The fraction of sp³-hybridized carbons (Fsp3) is 0.667. The molecule has 2 heteroatoms. The summed E-state index contributed by atoms with van der Waals surface area (Å²) in [4.78, 5) is 11.7. The Morgan fingerprint density at radius 2 is 2.24 bits per heavy atom. The van der Waals surface area contributed by atoms with Gasteiger partial charge in [-0.25, -0.2) is 4.79 Å². The Hall–Kier alpha value is -1.05. The molecule has 2 nitrogen and oxygen atoms in total. The molecule has 4 atom stereocenters. The fourth-order valence-electron chi connectivity index (χ4n) is 3.98. The summed E-state index contributed by atoms with van der Waals surface area (Å²) in [6.45, 7) is 9.49. The number of hydrogen-bond acceptors (Lipinski definition) is 2. The molecular weight excluding hydrogens is 212 g/mol. The van der Waals surface area contributed by atoms with Crippen LogP contribution in [-0.2, 0) is 9.53 Å². The number of esters is 1. The number of carbonyl (C=O) groups excluding carboxylic acids is 1. The van der Waals surface area contributed by atoms with Gasteiger partial charge >= 0.3 is 5.97 Å². The average molecular weight is 232 g/mol. The number of fused-ring (bicyclic) bond motifs is 3. The second kappa shape index (κ2) is 3.47. The van der Waals surface area contributed by atoms with E-state index < -0.39 is 0 Å². The van der Waals surface area contributed by atoms with Crippen molar-refractivity contribution < 1.29 is 9.53 Å². The molecule has 0 amide bonds. The van der Waals surface area contributed by atoms with Crippen molar-refractivity contribution in [2.45, 2.75) is 33.1 Å². The molecule has 1 aliphatic heterocycles. The summed E-state index contributed by atoms with van der Waals surface area (Å²) in [6, 6.07) is 0. The molecule has 17 heavy (non-hydrogen) atoms. The van der Waals surface area contributed by atoms with Crippen molar-refractivity contribution in [3.63, 3.8) is 0 Å². The lowest BCUT2D eigenvalue weighted by molar-refractivity contribution is -0.135. The van der Waals surface area contributed by atoms with Crippen LogP contribution in [0.4, 0.5) is 0 Å². The molecule has 0 N–H and O–H groups in total. The van der Waals surface area contributed by atoms with Crippen LogP contribution in [0.1, 0.15) is 33.1 Å². The van der Waals surface area contributed by atoms with Crippen molar-refractivity contribution in [3.8, 4) is 0 Å². The highest BCUT2D eigenvalue weighted by Crippen LogP contribution is 2.57. The molecule has 3 rings (SSSR count). The van der Waals surface area contributed by atoms with Gasteiger partial charge in [-0.15, -0.1) is 0 Å². The van der Waals surface area contributed by atoms with E-state index >= 15 is 0 Å². The van der Waals surface area contributed by atoms with E-state index in [1.54, 1.807) is 0 Å². The maximum absolute atomic E-state index is 11.7. The number of cyclic esters (lactones) is 1. The van der Waals surface area contributed by atoms with Gasteiger partial charge in [0.15, 0.2) is 0 Å². The van der Waals surface area contributed by atoms with E-state index in [4.69, 9.17) is 4.74 Å². The number of hydrogen-bond donors (Lipinski definition) is 0. The molecule has 0 aromatic rings. The number of allylic oxidation sites excluding steroid dienone is 2. The molecule has 0 aromatic heterocycles. The third-order valence-electron chi connectivity index (χ3n) is 5.35. The van der Waals surface area contributed by atoms with Gasteiger partial charge in [-0.05, 0) is 36.5 Å². The van der Waals surface area contributed by atoms with Crippen LogP contribution >= 0.6 is 0 Å². The third kappa shape index (κ3) is 1.36. The van der Waals surface area contributed by atoms with Gasteiger partial charge in [0.25, 0.3) is 0 Å². The van der Waals surface area contributed by atoms with Crippen LogP contribution in [0.3, 0.4) is 0 Å². The molecule has 3 aliphatic rings. The Bertz CT molecular complexity index is 421. The molecule has 4 unspecified atom stereocenters. The van der Waals surface area contributed by atoms with E-state index in [9.17, 15) is 4.79 Å². The smallest absolute Gasteiger partial charge is 0.334 e. The van der Waals surface area contributed by atoms with Gasteiger partial charge in [-0.1, -0.05) is 32.1 Å². The third-order valence-corrected chi connectivity index (χ3v) is 5.35. The van der Waals surface area contributed by atoms with Gasteiger partial charge in [-0.3, -0.25) is 0 Å².